The van der Waals surface area contributed by atoms with Gasteiger partial charge in [-0.2, -0.15) is 0 Å². The third-order valence-electron chi connectivity index (χ3n) is 3.80. The summed E-state index contributed by atoms with van der Waals surface area (Å²) in [5.74, 6) is 0.461. The lowest BCUT2D eigenvalue weighted by atomic mass is 9.96. The highest BCUT2D eigenvalue weighted by atomic mass is 79.9. The first-order valence-electron chi connectivity index (χ1n) is 7.44. The Morgan fingerprint density at radius 1 is 0.917 bits per heavy atom. The maximum Gasteiger partial charge on any atom is 0.530 e. The van der Waals surface area contributed by atoms with Gasteiger partial charge >= 0.3 is 7.82 Å². The third kappa shape index (κ3) is 4.12. The van der Waals surface area contributed by atoms with Crippen LogP contribution in [0.4, 0.5) is 0 Å². The summed E-state index contributed by atoms with van der Waals surface area (Å²) >= 11 is 6.88. The highest BCUT2D eigenvalue weighted by Gasteiger charge is 2.43. The predicted octanol–water partition coefficient (Wildman–Crippen LogP) is 5.66. The van der Waals surface area contributed by atoms with Crippen LogP contribution < -0.4 is 4.52 Å². The lowest BCUT2D eigenvalue weighted by Gasteiger charge is -2.36. The van der Waals surface area contributed by atoms with Gasteiger partial charge in [-0.1, -0.05) is 74.3 Å². The van der Waals surface area contributed by atoms with Gasteiger partial charge in [-0.25, -0.2) is 4.57 Å². The molecule has 1 heterocycles. The molecule has 2 aromatic rings. The second-order valence-electron chi connectivity index (χ2n) is 5.74. The molecular weight excluding hydrogens is 459 g/mol. The van der Waals surface area contributed by atoms with Crippen LogP contribution in [0.3, 0.4) is 0 Å². The highest BCUT2D eigenvalue weighted by Crippen LogP contribution is 2.55. The SMILES string of the molecule is O=P1(Oc2ccc(-c3ccccc3)cc2)OCC(CBr)(CBr)CO1. The van der Waals surface area contributed by atoms with Crippen LogP contribution in [0.2, 0.25) is 0 Å². The standard InChI is InChI=1S/C17H17Br2O4P/c18-10-17(11-19)12-21-24(20,22-13-17)23-16-8-6-15(7-9-16)14-4-2-1-3-5-14/h1-9H,10-13H2. The quantitative estimate of drug-likeness (QED) is 0.413. The summed E-state index contributed by atoms with van der Waals surface area (Å²) in [5.41, 5.74) is 1.94. The minimum atomic E-state index is -3.57. The Morgan fingerprint density at radius 2 is 1.46 bits per heavy atom. The maximum atomic E-state index is 12.6. The van der Waals surface area contributed by atoms with Crippen molar-refractivity contribution < 1.29 is 18.1 Å². The summed E-state index contributed by atoms with van der Waals surface area (Å²) in [6.07, 6.45) is 0. The topological polar surface area (TPSA) is 44.8 Å². The molecule has 0 bridgehead atoms. The van der Waals surface area contributed by atoms with E-state index < -0.39 is 7.82 Å². The predicted molar refractivity (Wildman–Crippen MR) is 102 cm³/mol. The van der Waals surface area contributed by atoms with Crippen LogP contribution >= 0.6 is 39.7 Å². The molecule has 1 aliphatic heterocycles. The summed E-state index contributed by atoms with van der Waals surface area (Å²) in [4.78, 5) is 0. The van der Waals surface area contributed by atoms with Gasteiger partial charge in [0, 0.05) is 16.1 Å². The van der Waals surface area contributed by atoms with E-state index in [9.17, 15) is 4.57 Å². The lowest BCUT2D eigenvalue weighted by molar-refractivity contribution is 0.0248. The van der Waals surface area contributed by atoms with E-state index >= 15 is 0 Å². The molecule has 4 nitrogen and oxygen atoms in total. The molecule has 2 aromatic carbocycles. The van der Waals surface area contributed by atoms with Crippen molar-refractivity contribution in [1.82, 2.24) is 0 Å². The molecular formula is C17H17Br2O4P. The Balaban J connectivity index is 1.67. The second kappa shape index (κ2) is 7.71. The van der Waals surface area contributed by atoms with Crippen LogP contribution in [0.25, 0.3) is 11.1 Å². The zero-order valence-corrected chi connectivity index (χ0v) is 16.9. The molecule has 0 radical (unpaired) electrons. The fourth-order valence-electron chi connectivity index (χ4n) is 2.22. The monoisotopic (exact) mass is 474 g/mol. The fourth-order valence-corrected chi connectivity index (χ4v) is 5.22. The van der Waals surface area contributed by atoms with Crippen molar-refractivity contribution in [3.63, 3.8) is 0 Å². The van der Waals surface area contributed by atoms with E-state index in [4.69, 9.17) is 13.6 Å². The highest BCUT2D eigenvalue weighted by molar-refractivity contribution is 9.09. The minimum Gasteiger partial charge on any atom is -0.404 e. The van der Waals surface area contributed by atoms with E-state index in [-0.39, 0.29) is 5.41 Å². The molecule has 1 fully saturated rings. The molecule has 0 amide bonds. The first kappa shape index (κ1) is 18.2. The van der Waals surface area contributed by atoms with Gasteiger partial charge in [0.05, 0.1) is 13.2 Å². The number of alkyl halides is 2. The molecule has 0 unspecified atom stereocenters. The largest absolute Gasteiger partial charge is 0.530 e. The van der Waals surface area contributed by atoms with Crippen molar-refractivity contribution in [3.8, 4) is 16.9 Å². The number of phosphoric acid groups is 1. The molecule has 0 aliphatic carbocycles. The molecule has 0 aromatic heterocycles. The Labute approximate surface area is 158 Å². The average Bonchev–Trinajstić information content (AvgIpc) is 2.64. The van der Waals surface area contributed by atoms with Crippen LogP contribution in [0.5, 0.6) is 5.75 Å². The van der Waals surface area contributed by atoms with Gasteiger partial charge in [0.1, 0.15) is 5.75 Å². The van der Waals surface area contributed by atoms with Crippen molar-refractivity contribution >= 4 is 39.7 Å². The van der Waals surface area contributed by atoms with Gasteiger partial charge in [0.25, 0.3) is 0 Å². The molecule has 1 saturated heterocycles. The molecule has 0 spiro atoms. The zero-order chi connectivity index (χ0) is 17.0. The first-order valence-corrected chi connectivity index (χ1v) is 11.1. The smallest absolute Gasteiger partial charge is 0.404 e. The lowest BCUT2D eigenvalue weighted by Crippen LogP contribution is -2.39. The van der Waals surface area contributed by atoms with Crippen LogP contribution in [-0.4, -0.2) is 23.9 Å². The van der Waals surface area contributed by atoms with Gasteiger partial charge in [-0.15, -0.1) is 0 Å². The molecule has 1 aliphatic rings. The Kier molecular flexibility index (Phi) is 5.83. The summed E-state index contributed by atoms with van der Waals surface area (Å²) in [6.45, 7) is 0.617. The number of hydrogen-bond acceptors (Lipinski definition) is 4. The Morgan fingerprint density at radius 3 is 2.00 bits per heavy atom. The number of benzene rings is 2. The van der Waals surface area contributed by atoms with Crippen molar-refractivity contribution in [2.75, 3.05) is 23.9 Å². The van der Waals surface area contributed by atoms with Crippen LogP contribution in [0.15, 0.2) is 54.6 Å². The first-order chi connectivity index (χ1) is 11.6. The molecule has 128 valence electrons. The normalized spacial score (nSPS) is 18.9. The van der Waals surface area contributed by atoms with Crippen LogP contribution in [-0.2, 0) is 13.6 Å². The van der Waals surface area contributed by atoms with Crippen LogP contribution in [0, 0.1) is 5.41 Å². The Bertz CT molecular complexity index is 703. The van der Waals surface area contributed by atoms with Gasteiger partial charge in [-0.3, -0.25) is 9.05 Å². The summed E-state index contributed by atoms with van der Waals surface area (Å²) in [6, 6.07) is 17.4. The second-order valence-corrected chi connectivity index (χ2v) is 8.46. The number of phosphoric ester groups is 1. The molecule has 3 rings (SSSR count). The summed E-state index contributed by atoms with van der Waals surface area (Å²) in [7, 11) is -3.57. The van der Waals surface area contributed by atoms with Crippen LogP contribution in [0.1, 0.15) is 0 Å². The van der Waals surface area contributed by atoms with E-state index in [0.29, 0.717) is 29.6 Å². The van der Waals surface area contributed by atoms with E-state index in [2.05, 4.69) is 31.9 Å². The molecule has 7 heteroatoms. The van der Waals surface area contributed by atoms with Gasteiger partial charge < -0.3 is 4.52 Å². The van der Waals surface area contributed by atoms with E-state index in [0.717, 1.165) is 11.1 Å². The van der Waals surface area contributed by atoms with Gasteiger partial charge in [0.2, 0.25) is 0 Å². The number of halogens is 2. The van der Waals surface area contributed by atoms with E-state index in [1.165, 1.54) is 0 Å². The molecule has 24 heavy (non-hydrogen) atoms. The molecule has 0 atom stereocenters. The van der Waals surface area contributed by atoms with Crippen molar-refractivity contribution in [2.24, 2.45) is 5.41 Å². The van der Waals surface area contributed by atoms with Crippen molar-refractivity contribution in [1.29, 1.82) is 0 Å². The van der Waals surface area contributed by atoms with Crippen molar-refractivity contribution in [2.45, 2.75) is 0 Å². The van der Waals surface area contributed by atoms with Crippen molar-refractivity contribution in [3.05, 3.63) is 54.6 Å². The average molecular weight is 476 g/mol. The molecule has 0 N–H and O–H groups in total. The summed E-state index contributed by atoms with van der Waals surface area (Å²) in [5, 5.41) is 1.38. The number of rotatable bonds is 5. The van der Waals surface area contributed by atoms with E-state index in [1.54, 1.807) is 12.1 Å². The van der Waals surface area contributed by atoms with E-state index in [1.807, 2.05) is 42.5 Å². The summed E-state index contributed by atoms with van der Waals surface area (Å²) < 4.78 is 28.9. The fraction of sp³-hybridized carbons (Fsp3) is 0.294. The number of hydrogen-bond donors (Lipinski definition) is 0. The zero-order valence-electron chi connectivity index (χ0n) is 12.9. The molecule has 0 saturated carbocycles. The van der Waals surface area contributed by atoms with Gasteiger partial charge in [-0.05, 0) is 23.3 Å². The third-order valence-corrected chi connectivity index (χ3v) is 7.51. The minimum absolute atomic E-state index is 0.228. The van der Waals surface area contributed by atoms with Gasteiger partial charge in [0.15, 0.2) is 0 Å². The Hall–Kier alpha value is -0.650. The maximum absolute atomic E-state index is 12.6.